The van der Waals surface area contributed by atoms with E-state index in [1.807, 2.05) is 11.3 Å². The van der Waals surface area contributed by atoms with E-state index in [2.05, 4.69) is 205 Å². The summed E-state index contributed by atoms with van der Waals surface area (Å²) < 4.78 is 9.14. The molecule has 0 spiro atoms. The maximum absolute atomic E-state index is 6.57. The molecular weight excluding hydrogens is 699 g/mol. The van der Waals surface area contributed by atoms with Crippen LogP contribution in [-0.4, -0.2) is 0 Å². The highest BCUT2D eigenvalue weighted by Crippen LogP contribution is 2.60. The first-order chi connectivity index (χ1) is 27.8. The Balaban J connectivity index is 1.24. The first kappa shape index (κ1) is 31.4. The molecule has 3 heteroatoms. The van der Waals surface area contributed by atoms with Gasteiger partial charge in [0.05, 0.1) is 32.6 Å². The Morgan fingerprint density at radius 1 is 0.393 bits per heavy atom. The predicted molar refractivity (Wildman–Crippen MR) is 236 cm³/mol. The van der Waals surface area contributed by atoms with Crippen molar-refractivity contribution in [2.45, 2.75) is 5.41 Å². The van der Waals surface area contributed by atoms with Crippen LogP contribution in [0, 0.1) is 0 Å². The summed E-state index contributed by atoms with van der Waals surface area (Å²) in [5.41, 5.74) is 12.2. The van der Waals surface area contributed by atoms with E-state index in [-0.39, 0.29) is 0 Å². The number of fused-ring (bicyclic) bond motifs is 11. The van der Waals surface area contributed by atoms with Crippen LogP contribution in [0.4, 0.5) is 17.1 Å². The summed E-state index contributed by atoms with van der Waals surface area (Å²) >= 11 is 1.89. The lowest BCUT2D eigenvalue weighted by Gasteiger charge is -2.34. The van der Waals surface area contributed by atoms with E-state index in [0.717, 1.165) is 39.0 Å². The zero-order chi connectivity index (χ0) is 36.8. The molecule has 56 heavy (non-hydrogen) atoms. The van der Waals surface area contributed by atoms with Crippen molar-refractivity contribution in [2.24, 2.45) is 0 Å². The molecule has 0 amide bonds. The fourth-order valence-electron chi connectivity index (χ4n) is 9.68. The van der Waals surface area contributed by atoms with Crippen LogP contribution in [0.3, 0.4) is 0 Å². The lowest BCUT2D eigenvalue weighted by molar-refractivity contribution is 0.669. The number of anilines is 3. The van der Waals surface area contributed by atoms with Crippen molar-refractivity contribution >= 4 is 81.3 Å². The highest BCUT2D eigenvalue weighted by atomic mass is 32.1. The lowest BCUT2D eigenvalue weighted by Crippen LogP contribution is -2.28. The first-order valence-electron chi connectivity index (χ1n) is 19.2. The van der Waals surface area contributed by atoms with Gasteiger partial charge in [-0.2, -0.15) is 0 Å². The minimum atomic E-state index is -0.521. The van der Waals surface area contributed by atoms with Crippen LogP contribution in [0.2, 0.25) is 0 Å². The summed E-state index contributed by atoms with van der Waals surface area (Å²) in [4.78, 5) is 2.53. The second-order valence-electron chi connectivity index (χ2n) is 14.7. The Hall–Kier alpha value is -6.94. The molecule has 0 bridgehead atoms. The zero-order valence-corrected chi connectivity index (χ0v) is 31.1. The second kappa shape index (κ2) is 12.0. The number of furan rings is 1. The number of para-hydroxylation sites is 1. The molecular formula is C53H33NOS. The summed E-state index contributed by atoms with van der Waals surface area (Å²) in [6.07, 6.45) is 0. The van der Waals surface area contributed by atoms with Crippen molar-refractivity contribution < 1.29 is 4.42 Å². The van der Waals surface area contributed by atoms with Crippen molar-refractivity contribution in [2.75, 3.05) is 4.90 Å². The fraction of sp³-hybridized carbons (Fsp3) is 0.0189. The summed E-state index contributed by atoms with van der Waals surface area (Å²) in [5, 5.41) is 7.31. The molecule has 12 rings (SSSR count). The Morgan fingerprint density at radius 3 is 1.82 bits per heavy atom. The quantitative estimate of drug-likeness (QED) is 0.175. The molecule has 262 valence electrons. The number of hydrogen-bond acceptors (Lipinski definition) is 3. The van der Waals surface area contributed by atoms with Crippen molar-refractivity contribution in [3.8, 4) is 11.1 Å². The summed E-state index contributed by atoms with van der Waals surface area (Å²) in [6.45, 7) is 0. The Labute approximate surface area is 328 Å². The van der Waals surface area contributed by atoms with Crippen LogP contribution >= 0.6 is 11.3 Å². The van der Waals surface area contributed by atoms with Gasteiger partial charge in [-0.3, -0.25) is 0 Å². The van der Waals surface area contributed by atoms with Crippen LogP contribution in [0.5, 0.6) is 0 Å². The minimum Gasteiger partial charge on any atom is -0.456 e. The molecule has 0 aliphatic heterocycles. The van der Waals surface area contributed by atoms with Crippen LogP contribution < -0.4 is 4.90 Å². The van der Waals surface area contributed by atoms with Gasteiger partial charge >= 0.3 is 0 Å². The number of rotatable bonds is 5. The van der Waals surface area contributed by atoms with Crippen molar-refractivity contribution in [1.82, 2.24) is 0 Å². The van der Waals surface area contributed by atoms with Gasteiger partial charge in [0, 0.05) is 26.4 Å². The average molecular weight is 732 g/mol. The Kier molecular flexibility index (Phi) is 6.75. The van der Waals surface area contributed by atoms with Gasteiger partial charge in [0.25, 0.3) is 0 Å². The average Bonchev–Trinajstić information content (AvgIpc) is 3.94. The van der Waals surface area contributed by atoms with Gasteiger partial charge in [0.2, 0.25) is 0 Å². The molecule has 0 saturated heterocycles. The van der Waals surface area contributed by atoms with Crippen molar-refractivity contribution in [1.29, 1.82) is 0 Å². The van der Waals surface area contributed by atoms with E-state index in [1.54, 1.807) is 0 Å². The SMILES string of the molecule is c1ccc(C2(c3ccccc3)c3ccccc3-c3c(N(c4cccc5c4sc4c6ccccc6ccc54)c4cccc5oc6ccccc6c45)cccc32)cc1. The predicted octanol–water partition coefficient (Wildman–Crippen LogP) is 14.9. The van der Waals surface area contributed by atoms with Gasteiger partial charge < -0.3 is 9.32 Å². The molecule has 1 aliphatic rings. The number of thiophene rings is 1. The molecule has 2 nitrogen and oxygen atoms in total. The second-order valence-corrected chi connectivity index (χ2v) is 15.8. The van der Waals surface area contributed by atoms with E-state index in [1.165, 1.54) is 64.3 Å². The molecule has 0 radical (unpaired) electrons. The van der Waals surface area contributed by atoms with Crippen molar-refractivity contribution in [3.63, 3.8) is 0 Å². The smallest absolute Gasteiger partial charge is 0.137 e. The lowest BCUT2D eigenvalue weighted by atomic mass is 9.68. The molecule has 11 aromatic rings. The van der Waals surface area contributed by atoms with Crippen LogP contribution in [0.15, 0.2) is 205 Å². The minimum absolute atomic E-state index is 0.521. The molecule has 0 atom stereocenters. The standard InChI is InChI=1S/C53H33NOS/c1-3-17-35(18-4-1)53(36-19-5-2-6-20-36)42-25-11-9-22-40(42)49-43(53)26-14-27-44(49)54(45-28-15-31-48-50(45)41-23-10-12-30-47(41)55-48)46-29-13-24-38-39-33-32-34-16-7-8-21-37(34)51(39)56-52(38)46/h1-33H. The van der Waals surface area contributed by atoms with Crippen LogP contribution in [0.25, 0.3) is 64.0 Å². The Bertz CT molecular complexity index is 3280. The van der Waals surface area contributed by atoms with E-state index < -0.39 is 5.41 Å². The van der Waals surface area contributed by atoms with E-state index in [0.29, 0.717) is 0 Å². The highest BCUT2D eigenvalue weighted by Gasteiger charge is 2.47. The van der Waals surface area contributed by atoms with E-state index >= 15 is 0 Å². The maximum Gasteiger partial charge on any atom is 0.137 e. The van der Waals surface area contributed by atoms with Crippen LogP contribution in [-0.2, 0) is 5.41 Å². The monoisotopic (exact) mass is 731 g/mol. The zero-order valence-electron chi connectivity index (χ0n) is 30.3. The fourth-order valence-corrected chi connectivity index (χ4v) is 11.0. The molecule has 0 saturated carbocycles. The third kappa shape index (κ3) is 4.26. The van der Waals surface area contributed by atoms with Gasteiger partial charge in [-0.1, -0.05) is 170 Å². The third-order valence-corrected chi connectivity index (χ3v) is 13.2. The topological polar surface area (TPSA) is 16.4 Å². The molecule has 2 aromatic heterocycles. The van der Waals surface area contributed by atoms with E-state index in [4.69, 9.17) is 4.42 Å². The third-order valence-electron chi connectivity index (χ3n) is 11.9. The van der Waals surface area contributed by atoms with Crippen molar-refractivity contribution in [3.05, 3.63) is 222 Å². The number of nitrogens with zero attached hydrogens (tertiary/aromatic N) is 1. The number of benzene rings is 9. The normalized spacial score (nSPS) is 13.1. The van der Waals surface area contributed by atoms with Gasteiger partial charge in [0.1, 0.15) is 11.2 Å². The molecule has 0 unspecified atom stereocenters. The molecule has 2 heterocycles. The highest BCUT2D eigenvalue weighted by molar-refractivity contribution is 7.27. The molecule has 9 aromatic carbocycles. The summed E-state index contributed by atoms with van der Waals surface area (Å²) in [6, 6.07) is 73.2. The van der Waals surface area contributed by atoms with Crippen LogP contribution in [0.1, 0.15) is 22.3 Å². The molecule has 0 fully saturated rings. The first-order valence-corrected chi connectivity index (χ1v) is 20.0. The van der Waals surface area contributed by atoms with E-state index in [9.17, 15) is 0 Å². The van der Waals surface area contributed by atoms with Gasteiger partial charge in [0.15, 0.2) is 0 Å². The Morgan fingerprint density at radius 2 is 0.982 bits per heavy atom. The summed E-state index contributed by atoms with van der Waals surface area (Å²) in [5.74, 6) is 0. The molecule has 0 N–H and O–H groups in total. The largest absolute Gasteiger partial charge is 0.456 e. The number of hydrogen-bond donors (Lipinski definition) is 0. The van der Waals surface area contributed by atoms with Gasteiger partial charge in [-0.05, 0) is 68.9 Å². The summed E-state index contributed by atoms with van der Waals surface area (Å²) in [7, 11) is 0. The maximum atomic E-state index is 6.57. The van der Waals surface area contributed by atoms with Gasteiger partial charge in [-0.25, -0.2) is 0 Å². The van der Waals surface area contributed by atoms with Gasteiger partial charge in [-0.15, -0.1) is 11.3 Å². The molecule has 1 aliphatic carbocycles.